The van der Waals surface area contributed by atoms with Crippen molar-refractivity contribution in [1.82, 2.24) is 35.1 Å². The lowest BCUT2D eigenvalue weighted by atomic mass is 9.84. The van der Waals surface area contributed by atoms with Crippen LogP contribution in [-0.4, -0.2) is 118 Å². The Morgan fingerprint density at radius 3 is 2.51 bits per heavy atom. The van der Waals surface area contributed by atoms with E-state index in [1.807, 2.05) is 45.9 Å². The number of nitrogens with zero attached hydrogens (tertiary/aromatic N) is 5. The molecule has 0 saturated carbocycles. The van der Waals surface area contributed by atoms with Crippen molar-refractivity contribution in [2.75, 3.05) is 40.4 Å². The largest absolute Gasteiger partial charge is 0.508 e. The van der Waals surface area contributed by atoms with E-state index < -0.39 is 47.2 Å². The second kappa shape index (κ2) is 19.4. The number of likely N-dealkylation sites (tertiary alicyclic amines) is 1. The number of cyclic esters (lactones) is 1. The van der Waals surface area contributed by atoms with Crippen LogP contribution in [0.2, 0.25) is 0 Å². The summed E-state index contributed by atoms with van der Waals surface area (Å²) >= 11 is 0. The summed E-state index contributed by atoms with van der Waals surface area (Å²) in [7, 11) is 3.24. The third-order valence-corrected chi connectivity index (χ3v) is 13.3. The van der Waals surface area contributed by atoms with Gasteiger partial charge in [0.15, 0.2) is 0 Å². The Balaban J connectivity index is 1.32. The van der Waals surface area contributed by atoms with Crippen LogP contribution in [0.4, 0.5) is 0 Å². The van der Waals surface area contributed by atoms with Crippen LogP contribution in [-0.2, 0) is 52.8 Å². The molecule has 5 heterocycles. The fourth-order valence-electron chi connectivity index (χ4n) is 9.92. The zero-order valence-electron chi connectivity index (χ0n) is 39.3. The van der Waals surface area contributed by atoms with E-state index in [1.54, 1.807) is 37.4 Å². The summed E-state index contributed by atoms with van der Waals surface area (Å²) in [6.45, 7) is 15.6. The second-order valence-corrected chi connectivity index (χ2v) is 19.0. The Labute approximate surface area is 381 Å². The van der Waals surface area contributed by atoms with Gasteiger partial charge in [-0.15, -0.1) is 0 Å². The number of phenols is 1. The van der Waals surface area contributed by atoms with Gasteiger partial charge in [-0.05, 0) is 105 Å². The smallest absolute Gasteiger partial charge is 0.324 e. The molecular weight excluding hydrogens is 827 g/mol. The van der Waals surface area contributed by atoms with Gasteiger partial charge in [-0.1, -0.05) is 39.8 Å². The maximum Gasteiger partial charge on any atom is 0.324 e. The summed E-state index contributed by atoms with van der Waals surface area (Å²) in [6, 6.07) is 12.5. The summed E-state index contributed by atoms with van der Waals surface area (Å²) < 4.78 is 14.2. The summed E-state index contributed by atoms with van der Waals surface area (Å²) in [4.78, 5) is 77.3. The molecule has 5 atom stereocenters. The van der Waals surface area contributed by atoms with Crippen LogP contribution in [0.1, 0.15) is 90.7 Å². The number of phenolic OH excluding ortho intramolecular Hbond substituents is 1. The zero-order valence-corrected chi connectivity index (χ0v) is 39.3. The summed E-state index contributed by atoms with van der Waals surface area (Å²) in [5.41, 5.74) is 9.54. The first-order chi connectivity index (χ1) is 30.9. The van der Waals surface area contributed by atoms with Gasteiger partial charge in [0.1, 0.15) is 23.9 Å². The van der Waals surface area contributed by atoms with Crippen LogP contribution in [0, 0.1) is 17.3 Å². The van der Waals surface area contributed by atoms with Gasteiger partial charge in [-0.2, -0.15) is 0 Å². The van der Waals surface area contributed by atoms with Crippen molar-refractivity contribution in [2.45, 2.75) is 111 Å². The Hall–Kier alpha value is -5.80. The predicted molar refractivity (Wildman–Crippen MR) is 247 cm³/mol. The van der Waals surface area contributed by atoms with Crippen LogP contribution in [0.15, 0.2) is 54.7 Å². The standard InChI is InChI=1S/C50H65N7O8/c1-10-55-27-34(25-42(55)59)47(61)54(8)44(29(3)4)46(60)52-40-22-31-20-33(23-35(58)21-31)32-16-17-41-37(24-32)38(45(56(41)11-2)36-14-12-18-51-43(36)30(5)64-9)26-50(6,7)28-65-49(63)39-15-13-19-57(53-39)48(40)62/h12,14,16-18,20-21,23-24,29-30,34,39-40,44,53,58H,10-11,13,15,19,22,25-28H2,1-9H3,(H,52,60)/t30-,34?,39-,40-,44-/m0/s1. The monoisotopic (exact) mass is 891 g/mol. The quantitative estimate of drug-likeness (QED) is 0.165. The zero-order chi connectivity index (χ0) is 46.9. The fourth-order valence-corrected chi connectivity index (χ4v) is 9.92. The van der Waals surface area contributed by atoms with Gasteiger partial charge >= 0.3 is 5.97 Å². The molecule has 65 heavy (non-hydrogen) atoms. The van der Waals surface area contributed by atoms with Gasteiger partial charge in [0.05, 0.1) is 30.0 Å². The number of pyridine rings is 1. The third-order valence-electron chi connectivity index (χ3n) is 13.3. The number of amides is 4. The first-order valence-electron chi connectivity index (χ1n) is 23.0. The number of likely N-dealkylation sites (N-methyl/N-ethyl adjacent to an activating group) is 1. The minimum atomic E-state index is -1.16. The maximum atomic E-state index is 14.7. The second-order valence-electron chi connectivity index (χ2n) is 19.0. The van der Waals surface area contributed by atoms with Gasteiger partial charge in [0.2, 0.25) is 17.7 Å². The number of hydrogen-bond acceptors (Lipinski definition) is 10. The molecule has 7 rings (SSSR count). The van der Waals surface area contributed by atoms with E-state index in [0.717, 1.165) is 39.0 Å². The fraction of sp³-hybridized carbons (Fsp3) is 0.520. The van der Waals surface area contributed by atoms with E-state index >= 15 is 0 Å². The molecule has 4 aromatic rings. The van der Waals surface area contributed by atoms with Crippen molar-refractivity contribution in [2.24, 2.45) is 17.3 Å². The maximum absolute atomic E-state index is 14.7. The normalized spacial score (nSPS) is 21.3. The topological polar surface area (TPSA) is 176 Å². The Kier molecular flexibility index (Phi) is 14.0. The lowest BCUT2D eigenvalue weighted by Crippen LogP contribution is -2.62. The van der Waals surface area contributed by atoms with Crippen LogP contribution in [0.3, 0.4) is 0 Å². The molecular formula is C50H65N7O8. The molecule has 2 aromatic heterocycles. The van der Waals surface area contributed by atoms with E-state index in [2.05, 4.69) is 54.3 Å². The average Bonchev–Trinajstić information content (AvgIpc) is 3.82. The molecule has 348 valence electrons. The number of fused-ring (bicyclic) bond motifs is 6. The molecule has 1 unspecified atom stereocenters. The number of hydrogen-bond donors (Lipinski definition) is 3. The van der Waals surface area contributed by atoms with Crippen molar-refractivity contribution in [3.8, 4) is 28.1 Å². The molecule has 4 amide bonds. The lowest BCUT2D eigenvalue weighted by Gasteiger charge is -2.37. The summed E-state index contributed by atoms with van der Waals surface area (Å²) in [5, 5.41) is 16.7. The van der Waals surface area contributed by atoms with Crippen LogP contribution >= 0.6 is 0 Å². The number of nitrogens with one attached hydrogen (secondary N) is 2. The highest BCUT2D eigenvalue weighted by Crippen LogP contribution is 2.42. The Bertz CT molecular complexity index is 2460. The number of ether oxygens (including phenoxy) is 2. The van der Waals surface area contributed by atoms with E-state index in [-0.39, 0.29) is 62.1 Å². The molecule has 6 bridgehead atoms. The Morgan fingerprint density at radius 2 is 1.82 bits per heavy atom. The third kappa shape index (κ3) is 9.77. The van der Waals surface area contributed by atoms with E-state index in [9.17, 15) is 29.1 Å². The molecule has 15 heteroatoms. The highest BCUT2D eigenvalue weighted by molar-refractivity contribution is 5.96. The molecule has 3 N–H and O–H groups in total. The number of esters is 1. The molecule has 0 radical (unpaired) electrons. The highest BCUT2D eigenvalue weighted by Gasteiger charge is 2.41. The number of aryl methyl sites for hydroxylation is 1. The first-order valence-corrected chi connectivity index (χ1v) is 23.0. The van der Waals surface area contributed by atoms with E-state index in [1.165, 1.54) is 9.91 Å². The number of carbonyl (C=O) groups excluding carboxylic acids is 5. The predicted octanol–water partition coefficient (Wildman–Crippen LogP) is 5.80. The van der Waals surface area contributed by atoms with Gasteiger partial charge in [0, 0.05) is 81.3 Å². The van der Waals surface area contributed by atoms with Crippen molar-refractivity contribution >= 4 is 40.5 Å². The summed E-state index contributed by atoms with van der Waals surface area (Å²) in [5.74, 6) is -2.85. The van der Waals surface area contributed by atoms with Gasteiger partial charge in [0.25, 0.3) is 5.91 Å². The average molecular weight is 892 g/mol. The lowest BCUT2D eigenvalue weighted by molar-refractivity contribution is -0.155. The minimum absolute atomic E-state index is 0.0101. The van der Waals surface area contributed by atoms with Gasteiger partial charge in [-0.25, -0.2) is 5.43 Å². The van der Waals surface area contributed by atoms with Crippen molar-refractivity contribution in [3.63, 3.8) is 0 Å². The Morgan fingerprint density at radius 1 is 1.05 bits per heavy atom. The number of rotatable bonds is 10. The van der Waals surface area contributed by atoms with Crippen LogP contribution < -0.4 is 10.7 Å². The number of aromatic hydroxyl groups is 1. The van der Waals surface area contributed by atoms with Crippen molar-refractivity contribution in [3.05, 3.63) is 71.5 Å². The molecule has 2 saturated heterocycles. The minimum Gasteiger partial charge on any atom is -0.508 e. The molecule has 0 aliphatic carbocycles. The molecule has 0 spiro atoms. The van der Waals surface area contributed by atoms with Crippen molar-refractivity contribution < 1.29 is 38.6 Å². The summed E-state index contributed by atoms with van der Waals surface area (Å²) in [6.07, 6.45) is 3.05. The van der Waals surface area contributed by atoms with E-state index in [4.69, 9.17) is 14.5 Å². The van der Waals surface area contributed by atoms with Crippen molar-refractivity contribution in [1.29, 1.82) is 0 Å². The molecule has 3 aliphatic rings. The number of aromatic nitrogens is 2. The number of hydrazine groups is 1. The molecule has 3 aliphatic heterocycles. The van der Waals surface area contributed by atoms with Crippen LogP contribution in [0.5, 0.6) is 5.75 Å². The first kappa shape index (κ1) is 47.2. The van der Waals surface area contributed by atoms with Gasteiger partial charge < -0.3 is 34.3 Å². The highest BCUT2D eigenvalue weighted by atomic mass is 16.5. The number of benzene rings is 2. The molecule has 2 aromatic carbocycles. The molecule has 15 nitrogen and oxygen atoms in total. The van der Waals surface area contributed by atoms with Gasteiger partial charge in [-0.3, -0.25) is 34.0 Å². The SMILES string of the molecule is CCN1CC(C(=O)N(C)[C@H](C(=O)N[C@H]2Cc3cc(O)cc(c3)-c3ccc4c(c3)c(c(-c3cccnc3[C@H](C)OC)n4CC)CC(C)(C)COC(=O)[C@@H]3CCCN(N3)C2=O)C(C)C)CC1=O. The number of carbonyl (C=O) groups is 5. The van der Waals surface area contributed by atoms with E-state index in [0.29, 0.717) is 43.5 Å². The van der Waals surface area contributed by atoms with Crippen LogP contribution in [0.25, 0.3) is 33.3 Å². The number of methoxy groups -OCH3 is 1. The molecule has 2 fully saturated rings.